The molecule has 4 aromatic carbocycles. The maximum absolute atomic E-state index is 13.5. The lowest BCUT2D eigenvalue weighted by atomic mass is 10.1. The topological polar surface area (TPSA) is 133 Å². The molecule has 0 spiro atoms. The molecule has 0 atom stereocenters. The first kappa shape index (κ1) is 35.3. The van der Waals surface area contributed by atoms with Crippen molar-refractivity contribution in [1.82, 2.24) is 9.71 Å². The van der Waals surface area contributed by atoms with Crippen molar-refractivity contribution in [2.45, 2.75) is 44.3 Å². The zero-order valence-corrected chi connectivity index (χ0v) is 28.8. The van der Waals surface area contributed by atoms with Gasteiger partial charge in [-0.25, -0.2) is 22.9 Å². The Labute approximate surface area is 290 Å². The van der Waals surface area contributed by atoms with Crippen LogP contribution in [0.1, 0.15) is 42.4 Å². The van der Waals surface area contributed by atoms with E-state index in [9.17, 15) is 18.0 Å². The lowest BCUT2D eigenvalue weighted by Crippen LogP contribution is -2.27. The summed E-state index contributed by atoms with van der Waals surface area (Å²) in [6.07, 6.45) is 0.300. The number of aromatic nitrogens is 1. The average molecular weight is 702 g/mol. The van der Waals surface area contributed by atoms with Crippen LogP contribution >= 0.6 is 11.6 Å². The number of esters is 1. The first-order valence-corrected chi connectivity index (χ1v) is 17.3. The van der Waals surface area contributed by atoms with Crippen LogP contribution in [-0.2, 0) is 32.6 Å². The number of hydrogen-bond acceptors (Lipinski definition) is 8. The minimum Gasteiger partial charge on any atom is -0.487 e. The number of carbonyl (C=O) groups excluding carboxylic acids is 2. The lowest BCUT2D eigenvalue weighted by molar-refractivity contribution is -0.157. The van der Waals surface area contributed by atoms with Gasteiger partial charge in [0, 0.05) is 22.5 Å². The third-order valence-corrected chi connectivity index (χ3v) is 8.76. The molecule has 5 rings (SSSR count). The van der Waals surface area contributed by atoms with Crippen molar-refractivity contribution in [2.24, 2.45) is 0 Å². The monoisotopic (exact) mass is 701 g/mol. The van der Waals surface area contributed by atoms with Crippen LogP contribution in [0.2, 0.25) is 5.02 Å². The van der Waals surface area contributed by atoms with Crippen molar-refractivity contribution < 1.29 is 32.2 Å². The van der Waals surface area contributed by atoms with Crippen LogP contribution in [-0.4, -0.2) is 44.0 Å². The van der Waals surface area contributed by atoms with Gasteiger partial charge in [-0.05, 0) is 99.5 Å². The molecule has 0 bridgehead atoms. The van der Waals surface area contributed by atoms with Crippen LogP contribution in [0.25, 0.3) is 10.9 Å². The summed E-state index contributed by atoms with van der Waals surface area (Å²) in [5.41, 5.74) is 2.23. The van der Waals surface area contributed by atoms with E-state index >= 15 is 0 Å². The van der Waals surface area contributed by atoms with E-state index in [1.54, 1.807) is 63.2 Å². The molecule has 0 fully saturated rings. The Morgan fingerprint density at radius 2 is 1.63 bits per heavy atom. The molecule has 0 aliphatic heterocycles. The van der Waals surface area contributed by atoms with E-state index in [-0.39, 0.29) is 30.4 Å². The number of para-hydroxylation sites is 1. The quantitative estimate of drug-likeness (QED) is 0.126. The number of anilines is 1. The predicted octanol–water partition coefficient (Wildman–Crippen LogP) is 6.96. The Balaban J connectivity index is 1.28. The first-order chi connectivity index (χ1) is 23.3. The van der Waals surface area contributed by atoms with E-state index in [1.807, 2.05) is 36.4 Å². The third kappa shape index (κ3) is 10.3. The highest BCUT2D eigenvalue weighted by molar-refractivity contribution is 7.89. The molecular weight excluding hydrogens is 666 g/mol. The molecule has 0 unspecified atom stereocenters. The van der Waals surface area contributed by atoms with Gasteiger partial charge in [-0.3, -0.25) is 4.79 Å². The maximum atomic E-state index is 13.5. The molecule has 254 valence electrons. The second-order valence-electron chi connectivity index (χ2n) is 12.1. The van der Waals surface area contributed by atoms with Gasteiger partial charge in [0.15, 0.2) is 6.61 Å². The molecule has 1 aromatic heterocycles. The van der Waals surface area contributed by atoms with Gasteiger partial charge in [-0.1, -0.05) is 48.0 Å². The molecule has 5 aromatic rings. The molecule has 0 aliphatic carbocycles. The second-order valence-corrected chi connectivity index (χ2v) is 14.3. The number of nitrogens with one attached hydrogen (secondary N) is 2. The van der Waals surface area contributed by atoms with Gasteiger partial charge in [0.05, 0.1) is 21.8 Å². The average Bonchev–Trinajstić information content (AvgIpc) is 3.06. The molecule has 2 N–H and O–H groups in total. The van der Waals surface area contributed by atoms with E-state index in [2.05, 4.69) is 15.0 Å². The fourth-order valence-corrected chi connectivity index (χ4v) is 5.92. The van der Waals surface area contributed by atoms with Crippen LogP contribution in [0.3, 0.4) is 0 Å². The van der Waals surface area contributed by atoms with Crippen molar-refractivity contribution in [2.75, 3.05) is 18.5 Å². The molecule has 0 saturated carbocycles. The van der Waals surface area contributed by atoms with Gasteiger partial charge >= 0.3 is 5.97 Å². The fourth-order valence-electron chi connectivity index (χ4n) is 4.76. The number of amides is 1. The van der Waals surface area contributed by atoms with E-state index in [1.165, 1.54) is 24.3 Å². The SMILES string of the molecule is CC(C)(C)OC(=O)COc1ccc(CCNS(=O)(=O)c2ccc(Cl)cc2)cc1NC(=O)c1cccc(OCc2ccc3ccccc3n2)c1. The van der Waals surface area contributed by atoms with Crippen LogP contribution in [0.4, 0.5) is 5.69 Å². The molecule has 12 heteroatoms. The summed E-state index contributed by atoms with van der Waals surface area (Å²) < 4.78 is 45.1. The highest BCUT2D eigenvalue weighted by atomic mass is 35.5. The molecule has 10 nitrogen and oxygen atoms in total. The van der Waals surface area contributed by atoms with Crippen molar-refractivity contribution in [3.8, 4) is 11.5 Å². The number of rotatable bonds is 13. The number of pyridine rings is 1. The number of hydrogen-bond donors (Lipinski definition) is 2. The van der Waals surface area contributed by atoms with E-state index in [0.29, 0.717) is 34.0 Å². The summed E-state index contributed by atoms with van der Waals surface area (Å²) in [6.45, 7) is 5.17. The van der Waals surface area contributed by atoms with Gasteiger partial charge in [-0.2, -0.15) is 0 Å². The zero-order valence-electron chi connectivity index (χ0n) is 27.2. The number of sulfonamides is 1. The van der Waals surface area contributed by atoms with Crippen molar-refractivity contribution in [3.63, 3.8) is 0 Å². The Hall–Kier alpha value is -4.97. The van der Waals surface area contributed by atoms with Crippen LogP contribution < -0.4 is 19.5 Å². The number of carbonyl (C=O) groups is 2. The summed E-state index contributed by atoms with van der Waals surface area (Å²) in [6, 6.07) is 29.3. The highest BCUT2D eigenvalue weighted by Crippen LogP contribution is 2.28. The van der Waals surface area contributed by atoms with Crippen molar-refractivity contribution in [1.29, 1.82) is 0 Å². The standard InChI is InChI=1S/C37H36ClN3O7S/c1-37(2,3)48-35(42)24-47-34-18-11-25(19-20-39-49(44,45)31-16-13-28(38)14-17-31)21-33(34)41-36(43)27-8-6-9-30(22-27)46-23-29-15-12-26-7-4-5-10-32(26)40-29/h4-18,21-22,39H,19-20,23-24H2,1-3H3,(H,41,43). The predicted molar refractivity (Wildman–Crippen MR) is 189 cm³/mol. The van der Waals surface area contributed by atoms with Gasteiger partial charge in [-0.15, -0.1) is 0 Å². The van der Waals surface area contributed by atoms with Crippen LogP contribution in [0, 0.1) is 0 Å². The molecule has 1 amide bonds. The summed E-state index contributed by atoms with van der Waals surface area (Å²) in [5, 5.41) is 4.32. The molecule has 0 saturated heterocycles. The molecule has 0 aliphatic rings. The maximum Gasteiger partial charge on any atom is 0.344 e. The Morgan fingerprint density at radius 1 is 0.857 bits per heavy atom. The molecule has 1 heterocycles. The molecular formula is C37H36ClN3O7S. The summed E-state index contributed by atoms with van der Waals surface area (Å²) in [4.78, 5) is 30.6. The van der Waals surface area contributed by atoms with Gasteiger partial charge in [0.25, 0.3) is 5.91 Å². The Bertz CT molecular complexity index is 2060. The first-order valence-electron chi connectivity index (χ1n) is 15.5. The zero-order chi connectivity index (χ0) is 35.0. The van der Waals surface area contributed by atoms with Crippen LogP contribution in [0.5, 0.6) is 11.5 Å². The fraction of sp³-hybridized carbons (Fsp3) is 0.216. The minimum absolute atomic E-state index is 0.0852. The number of halogens is 1. The Morgan fingerprint density at radius 3 is 2.41 bits per heavy atom. The number of fused-ring (bicyclic) bond motifs is 1. The normalized spacial score (nSPS) is 11.6. The number of ether oxygens (including phenoxy) is 3. The minimum atomic E-state index is -3.76. The number of nitrogens with zero attached hydrogens (tertiary/aromatic N) is 1. The molecule has 0 radical (unpaired) electrons. The van der Waals surface area contributed by atoms with Crippen LogP contribution in [0.15, 0.2) is 108 Å². The van der Waals surface area contributed by atoms with Crippen molar-refractivity contribution >= 4 is 50.1 Å². The van der Waals surface area contributed by atoms with Gasteiger partial charge < -0.3 is 19.5 Å². The van der Waals surface area contributed by atoms with Gasteiger partial charge in [0.2, 0.25) is 10.0 Å². The van der Waals surface area contributed by atoms with Crippen molar-refractivity contribution in [3.05, 3.63) is 125 Å². The largest absolute Gasteiger partial charge is 0.487 e. The van der Waals surface area contributed by atoms with E-state index < -0.39 is 27.5 Å². The lowest BCUT2D eigenvalue weighted by Gasteiger charge is -2.20. The summed E-state index contributed by atoms with van der Waals surface area (Å²) in [5.74, 6) is -0.307. The Kier molecular flexibility index (Phi) is 11.2. The van der Waals surface area contributed by atoms with Gasteiger partial charge in [0.1, 0.15) is 23.7 Å². The highest BCUT2D eigenvalue weighted by Gasteiger charge is 2.19. The molecule has 49 heavy (non-hydrogen) atoms. The van der Waals surface area contributed by atoms with E-state index in [4.69, 9.17) is 25.8 Å². The smallest absolute Gasteiger partial charge is 0.344 e. The summed E-state index contributed by atoms with van der Waals surface area (Å²) in [7, 11) is -3.76. The second kappa shape index (κ2) is 15.5. The number of benzene rings is 4. The summed E-state index contributed by atoms with van der Waals surface area (Å²) >= 11 is 5.89. The third-order valence-electron chi connectivity index (χ3n) is 7.03. The van der Waals surface area contributed by atoms with E-state index in [0.717, 1.165) is 16.6 Å².